The molecule has 64 valence electrons. The van der Waals surface area contributed by atoms with Crippen LogP contribution in [0.1, 0.15) is 17.3 Å². The van der Waals surface area contributed by atoms with Gasteiger partial charge in [0.2, 0.25) is 0 Å². The van der Waals surface area contributed by atoms with Crippen LogP contribution >= 0.6 is 0 Å². The van der Waals surface area contributed by atoms with Gasteiger partial charge in [-0.15, -0.1) is 0 Å². The highest BCUT2D eigenvalue weighted by molar-refractivity contribution is 5.84. The summed E-state index contributed by atoms with van der Waals surface area (Å²) >= 11 is 0. The van der Waals surface area contributed by atoms with E-state index in [0.717, 1.165) is 24.1 Å². The maximum Gasteiger partial charge on any atom is 0.152 e. The lowest BCUT2D eigenvalue weighted by Crippen LogP contribution is -2.17. The van der Waals surface area contributed by atoms with Crippen molar-refractivity contribution in [3.8, 4) is 0 Å². The Morgan fingerprint density at radius 3 is 2.67 bits per heavy atom. The van der Waals surface area contributed by atoms with Crippen molar-refractivity contribution in [2.45, 2.75) is 6.92 Å². The quantitative estimate of drug-likeness (QED) is 0.635. The molecule has 0 spiro atoms. The van der Waals surface area contributed by atoms with Gasteiger partial charge in [0.05, 0.1) is 0 Å². The molecule has 0 radical (unpaired) electrons. The summed E-state index contributed by atoms with van der Waals surface area (Å²) in [7, 11) is 1.97. The fraction of sp³-hybridized carbons (Fsp3) is 0.300. The van der Waals surface area contributed by atoms with Crippen LogP contribution in [0.4, 0.5) is 5.69 Å². The molecule has 0 amide bonds. The minimum atomic E-state index is 0.752. The lowest BCUT2D eigenvalue weighted by atomic mass is 10.2. The summed E-state index contributed by atoms with van der Waals surface area (Å²) in [5.74, 6) is 0. The SMILES string of the molecule is CCN(C)c1ccccc1C=O. The zero-order chi connectivity index (χ0) is 8.97. The Morgan fingerprint density at radius 1 is 1.42 bits per heavy atom. The Morgan fingerprint density at radius 2 is 2.08 bits per heavy atom. The normalized spacial score (nSPS) is 9.50. The Kier molecular flexibility index (Phi) is 2.86. The Hall–Kier alpha value is -1.31. The molecular formula is C10H13NO. The van der Waals surface area contributed by atoms with E-state index >= 15 is 0 Å². The van der Waals surface area contributed by atoms with Gasteiger partial charge in [-0.3, -0.25) is 4.79 Å². The number of para-hydroxylation sites is 1. The van der Waals surface area contributed by atoms with Gasteiger partial charge in [0.1, 0.15) is 0 Å². The molecule has 1 rings (SSSR count). The highest BCUT2D eigenvalue weighted by Crippen LogP contribution is 2.16. The summed E-state index contributed by atoms with van der Waals surface area (Å²) in [6.45, 7) is 2.96. The lowest BCUT2D eigenvalue weighted by Gasteiger charge is -2.18. The molecule has 0 unspecified atom stereocenters. The van der Waals surface area contributed by atoms with Crippen LogP contribution in [0.2, 0.25) is 0 Å². The van der Waals surface area contributed by atoms with E-state index in [-0.39, 0.29) is 0 Å². The molecule has 12 heavy (non-hydrogen) atoms. The standard InChI is InChI=1S/C10H13NO/c1-3-11(2)10-7-5-4-6-9(10)8-12/h4-8H,3H2,1-2H3. The van der Waals surface area contributed by atoms with E-state index in [1.54, 1.807) is 0 Å². The van der Waals surface area contributed by atoms with E-state index < -0.39 is 0 Å². The zero-order valence-corrected chi connectivity index (χ0v) is 7.45. The molecule has 0 aliphatic rings. The lowest BCUT2D eigenvalue weighted by molar-refractivity contribution is 0.112. The first-order chi connectivity index (χ1) is 5.79. The molecule has 0 atom stereocenters. The molecule has 0 fully saturated rings. The highest BCUT2D eigenvalue weighted by Gasteiger charge is 2.02. The van der Waals surface area contributed by atoms with Gasteiger partial charge >= 0.3 is 0 Å². The van der Waals surface area contributed by atoms with E-state index in [2.05, 4.69) is 6.92 Å². The summed E-state index contributed by atoms with van der Waals surface area (Å²) in [5, 5.41) is 0. The average Bonchev–Trinajstić information content (AvgIpc) is 2.16. The van der Waals surface area contributed by atoms with Crippen molar-refractivity contribution in [3.63, 3.8) is 0 Å². The van der Waals surface area contributed by atoms with Crippen LogP contribution in [0, 0.1) is 0 Å². The molecule has 2 heteroatoms. The van der Waals surface area contributed by atoms with Crippen molar-refractivity contribution in [2.24, 2.45) is 0 Å². The van der Waals surface area contributed by atoms with Crippen molar-refractivity contribution >= 4 is 12.0 Å². The predicted octanol–water partition coefficient (Wildman–Crippen LogP) is 1.96. The third kappa shape index (κ3) is 1.64. The van der Waals surface area contributed by atoms with Crippen molar-refractivity contribution < 1.29 is 4.79 Å². The van der Waals surface area contributed by atoms with Crippen molar-refractivity contribution in [1.29, 1.82) is 0 Å². The van der Waals surface area contributed by atoms with Gasteiger partial charge < -0.3 is 4.90 Å². The van der Waals surface area contributed by atoms with Gasteiger partial charge in [-0.1, -0.05) is 12.1 Å². The predicted molar refractivity (Wildman–Crippen MR) is 50.8 cm³/mol. The maximum absolute atomic E-state index is 10.6. The van der Waals surface area contributed by atoms with Gasteiger partial charge in [-0.25, -0.2) is 0 Å². The number of anilines is 1. The molecule has 0 aliphatic carbocycles. The van der Waals surface area contributed by atoms with Crippen LogP contribution in [0.15, 0.2) is 24.3 Å². The number of benzene rings is 1. The topological polar surface area (TPSA) is 20.3 Å². The van der Waals surface area contributed by atoms with Crippen LogP contribution in [0.5, 0.6) is 0 Å². The van der Waals surface area contributed by atoms with Crippen LogP contribution < -0.4 is 4.90 Å². The third-order valence-electron chi connectivity index (χ3n) is 1.95. The fourth-order valence-corrected chi connectivity index (χ4v) is 1.11. The summed E-state index contributed by atoms with van der Waals surface area (Å²) in [6.07, 6.45) is 0.890. The Labute approximate surface area is 72.8 Å². The average molecular weight is 163 g/mol. The van der Waals surface area contributed by atoms with Gasteiger partial charge in [0.15, 0.2) is 6.29 Å². The molecule has 0 saturated heterocycles. The van der Waals surface area contributed by atoms with Crippen LogP contribution in [0.25, 0.3) is 0 Å². The van der Waals surface area contributed by atoms with Gasteiger partial charge in [0, 0.05) is 24.8 Å². The number of hydrogen-bond donors (Lipinski definition) is 0. The van der Waals surface area contributed by atoms with Gasteiger partial charge in [-0.05, 0) is 19.1 Å². The molecule has 0 aliphatic heterocycles. The molecule has 0 heterocycles. The first-order valence-corrected chi connectivity index (χ1v) is 4.05. The summed E-state index contributed by atoms with van der Waals surface area (Å²) in [6, 6.07) is 7.59. The number of carbonyl (C=O) groups is 1. The smallest absolute Gasteiger partial charge is 0.152 e. The summed E-state index contributed by atoms with van der Waals surface area (Å²) in [5.41, 5.74) is 1.75. The number of hydrogen-bond acceptors (Lipinski definition) is 2. The van der Waals surface area contributed by atoms with Crippen LogP contribution in [0.3, 0.4) is 0 Å². The number of aldehydes is 1. The molecule has 1 aromatic rings. The molecule has 0 bridgehead atoms. The van der Waals surface area contributed by atoms with Gasteiger partial charge in [-0.2, -0.15) is 0 Å². The molecule has 0 aromatic heterocycles. The second kappa shape index (κ2) is 3.90. The monoisotopic (exact) mass is 163 g/mol. The number of rotatable bonds is 3. The first-order valence-electron chi connectivity index (χ1n) is 4.05. The summed E-state index contributed by atoms with van der Waals surface area (Å²) < 4.78 is 0. The molecule has 0 saturated carbocycles. The van der Waals surface area contributed by atoms with E-state index in [1.807, 2.05) is 36.2 Å². The van der Waals surface area contributed by atoms with E-state index in [4.69, 9.17) is 0 Å². The number of carbonyl (C=O) groups excluding carboxylic acids is 1. The molecule has 1 aromatic carbocycles. The van der Waals surface area contributed by atoms with Crippen molar-refractivity contribution in [1.82, 2.24) is 0 Å². The summed E-state index contributed by atoms with van der Waals surface area (Å²) in [4.78, 5) is 12.7. The Balaban J connectivity index is 3.04. The highest BCUT2D eigenvalue weighted by atomic mass is 16.1. The minimum Gasteiger partial charge on any atom is -0.374 e. The van der Waals surface area contributed by atoms with E-state index in [9.17, 15) is 4.79 Å². The minimum absolute atomic E-state index is 0.752. The van der Waals surface area contributed by atoms with Crippen LogP contribution in [-0.4, -0.2) is 19.9 Å². The molecule has 0 N–H and O–H groups in total. The van der Waals surface area contributed by atoms with E-state index in [0.29, 0.717) is 0 Å². The second-order valence-electron chi connectivity index (χ2n) is 2.69. The largest absolute Gasteiger partial charge is 0.374 e. The van der Waals surface area contributed by atoms with Crippen molar-refractivity contribution in [2.75, 3.05) is 18.5 Å². The molecular weight excluding hydrogens is 150 g/mol. The van der Waals surface area contributed by atoms with Crippen LogP contribution in [-0.2, 0) is 0 Å². The first kappa shape index (κ1) is 8.78. The molecule has 2 nitrogen and oxygen atoms in total. The third-order valence-corrected chi connectivity index (χ3v) is 1.95. The van der Waals surface area contributed by atoms with Crippen molar-refractivity contribution in [3.05, 3.63) is 29.8 Å². The maximum atomic E-state index is 10.6. The second-order valence-corrected chi connectivity index (χ2v) is 2.69. The van der Waals surface area contributed by atoms with E-state index in [1.165, 1.54) is 0 Å². The Bertz CT molecular complexity index is 270. The number of nitrogens with zero attached hydrogens (tertiary/aromatic N) is 1. The zero-order valence-electron chi connectivity index (χ0n) is 7.45. The van der Waals surface area contributed by atoms with Gasteiger partial charge in [0.25, 0.3) is 0 Å². The fourth-order valence-electron chi connectivity index (χ4n) is 1.11.